The third-order valence-electron chi connectivity index (χ3n) is 3.09. The van der Waals surface area contributed by atoms with Gasteiger partial charge in [-0.3, -0.25) is 0 Å². The summed E-state index contributed by atoms with van der Waals surface area (Å²) >= 11 is 0. The summed E-state index contributed by atoms with van der Waals surface area (Å²) in [4.78, 5) is 11.1. The van der Waals surface area contributed by atoms with Crippen molar-refractivity contribution in [3.05, 3.63) is 47.5 Å². The summed E-state index contributed by atoms with van der Waals surface area (Å²) in [7, 11) is 3.02. The zero-order valence-electron chi connectivity index (χ0n) is 11.6. The van der Waals surface area contributed by atoms with Crippen LogP contribution < -0.4 is 9.47 Å². The first-order chi connectivity index (χ1) is 9.56. The van der Waals surface area contributed by atoms with Gasteiger partial charge >= 0.3 is 5.97 Å². The molecule has 1 N–H and O–H groups in total. The Labute approximate surface area is 117 Å². The number of methoxy groups -OCH3 is 2. The number of carboxylic acids is 1. The fourth-order valence-corrected chi connectivity index (χ4v) is 2.04. The molecule has 2 aromatic rings. The first-order valence-corrected chi connectivity index (χ1v) is 6.13. The van der Waals surface area contributed by atoms with Crippen molar-refractivity contribution in [3.8, 4) is 22.6 Å². The van der Waals surface area contributed by atoms with Gasteiger partial charge in [0, 0.05) is 0 Å². The molecule has 0 saturated carbocycles. The number of rotatable bonds is 4. The second-order valence-electron chi connectivity index (χ2n) is 4.43. The number of benzene rings is 2. The first-order valence-electron chi connectivity index (χ1n) is 6.13. The molecule has 0 heterocycles. The normalized spacial score (nSPS) is 10.2. The van der Waals surface area contributed by atoms with E-state index in [0.717, 1.165) is 16.7 Å². The Morgan fingerprint density at radius 1 is 1.00 bits per heavy atom. The molecule has 0 atom stereocenters. The van der Waals surface area contributed by atoms with E-state index in [1.165, 1.54) is 26.4 Å². The predicted octanol–water partition coefficient (Wildman–Crippen LogP) is 3.38. The number of carbonyl (C=O) groups is 1. The minimum atomic E-state index is -1.02. The van der Waals surface area contributed by atoms with Gasteiger partial charge in [-0.15, -0.1) is 0 Å². The van der Waals surface area contributed by atoms with E-state index in [9.17, 15) is 4.79 Å². The molecule has 104 valence electrons. The highest BCUT2D eigenvalue weighted by atomic mass is 16.5. The number of ether oxygens (including phenoxy) is 2. The van der Waals surface area contributed by atoms with E-state index in [-0.39, 0.29) is 5.56 Å². The Hall–Kier alpha value is -2.49. The van der Waals surface area contributed by atoms with E-state index < -0.39 is 5.97 Å². The van der Waals surface area contributed by atoms with Gasteiger partial charge in [0.25, 0.3) is 0 Å². The largest absolute Gasteiger partial charge is 0.496 e. The number of hydrogen-bond donors (Lipinski definition) is 1. The lowest BCUT2D eigenvalue weighted by Crippen LogP contribution is -2.01. The summed E-state index contributed by atoms with van der Waals surface area (Å²) < 4.78 is 10.6. The zero-order valence-corrected chi connectivity index (χ0v) is 11.6. The average Bonchev–Trinajstić information content (AvgIpc) is 2.46. The van der Waals surface area contributed by atoms with Crippen molar-refractivity contribution in [1.82, 2.24) is 0 Å². The molecule has 0 aliphatic rings. The lowest BCUT2D eigenvalue weighted by Gasteiger charge is -2.14. The second-order valence-corrected chi connectivity index (χ2v) is 4.43. The van der Waals surface area contributed by atoms with E-state index in [4.69, 9.17) is 14.6 Å². The highest BCUT2D eigenvalue weighted by Crippen LogP contribution is 2.39. The van der Waals surface area contributed by atoms with Crippen LogP contribution >= 0.6 is 0 Å². The molecule has 2 rings (SSSR count). The molecule has 0 unspecified atom stereocenters. The van der Waals surface area contributed by atoms with Gasteiger partial charge in [0.2, 0.25) is 0 Å². The van der Waals surface area contributed by atoms with Crippen molar-refractivity contribution in [1.29, 1.82) is 0 Å². The lowest BCUT2D eigenvalue weighted by atomic mass is 10.00. The molecule has 0 spiro atoms. The molecule has 0 bridgehead atoms. The van der Waals surface area contributed by atoms with Crippen molar-refractivity contribution in [3.63, 3.8) is 0 Å². The van der Waals surface area contributed by atoms with Crippen LogP contribution in [0.4, 0.5) is 0 Å². The summed E-state index contributed by atoms with van der Waals surface area (Å²) in [6.45, 7) is 2.01. The fraction of sp³-hybridized carbons (Fsp3) is 0.188. The van der Waals surface area contributed by atoms with Crippen molar-refractivity contribution in [2.75, 3.05) is 14.2 Å². The van der Waals surface area contributed by atoms with Crippen molar-refractivity contribution >= 4 is 5.97 Å². The molecular formula is C16H16O4. The van der Waals surface area contributed by atoms with Crippen LogP contribution in [-0.2, 0) is 0 Å². The number of aromatic carboxylic acids is 1. The Kier molecular flexibility index (Phi) is 3.94. The molecule has 0 fully saturated rings. The van der Waals surface area contributed by atoms with Gasteiger partial charge in [-0.05, 0) is 24.6 Å². The molecule has 0 aliphatic heterocycles. The fourth-order valence-electron chi connectivity index (χ4n) is 2.04. The molecular weight excluding hydrogens is 256 g/mol. The van der Waals surface area contributed by atoms with Gasteiger partial charge in [0.15, 0.2) is 0 Å². The van der Waals surface area contributed by atoms with E-state index >= 15 is 0 Å². The lowest BCUT2D eigenvalue weighted by molar-refractivity contribution is 0.0696. The maximum absolute atomic E-state index is 11.1. The summed E-state index contributed by atoms with van der Waals surface area (Å²) in [5, 5.41) is 9.11. The van der Waals surface area contributed by atoms with Crippen molar-refractivity contribution < 1.29 is 19.4 Å². The molecule has 0 saturated heterocycles. The van der Waals surface area contributed by atoms with Gasteiger partial charge < -0.3 is 14.6 Å². The third-order valence-corrected chi connectivity index (χ3v) is 3.09. The highest BCUT2D eigenvalue weighted by Gasteiger charge is 2.17. The van der Waals surface area contributed by atoms with Gasteiger partial charge in [-0.2, -0.15) is 0 Å². The van der Waals surface area contributed by atoms with Crippen LogP contribution in [0, 0.1) is 6.92 Å². The summed E-state index contributed by atoms with van der Waals surface area (Å²) in [6.07, 6.45) is 0. The van der Waals surface area contributed by atoms with E-state index in [2.05, 4.69) is 0 Å². The molecule has 20 heavy (non-hydrogen) atoms. The quantitative estimate of drug-likeness (QED) is 0.927. The minimum absolute atomic E-state index is 0.134. The molecule has 0 aliphatic carbocycles. The molecule has 4 nitrogen and oxygen atoms in total. The summed E-state index contributed by atoms with van der Waals surface area (Å²) in [5.41, 5.74) is 2.95. The number of carboxylic acid groups (broad SMARTS) is 1. The minimum Gasteiger partial charge on any atom is -0.496 e. The second kappa shape index (κ2) is 5.65. The van der Waals surface area contributed by atoms with Gasteiger partial charge in [-0.25, -0.2) is 4.79 Å². The van der Waals surface area contributed by atoms with Crippen molar-refractivity contribution in [2.45, 2.75) is 6.92 Å². The Morgan fingerprint density at radius 2 is 1.50 bits per heavy atom. The maximum Gasteiger partial charge on any atom is 0.335 e. The topological polar surface area (TPSA) is 55.8 Å². The molecule has 2 aromatic carbocycles. The smallest absolute Gasteiger partial charge is 0.335 e. The summed E-state index contributed by atoms with van der Waals surface area (Å²) in [5.74, 6) is -0.0618. The van der Waals surface area contributed by atoms with Gasteiger partial charge in [0.1, 0.15) is 11.5 Å². The summed E-state index contributed by atoms with van der Waals surface area (Å²) in [6, 6.07) is 10.9. The van der Waals surface area contributed by atoms with Crippen LogP contribution in [0.25, 0.3) is 11.1 Å². The highest BCUT2D eigenvalue weighted by molar-refractivity contribution is 5.91. The Balaban J connectivity index is 2.67. The predicted molar refractivity (Wildman–Crippen MR) is 76.7 cm³/mol. The first kappa shape index (κ1) is 13.9. The average molecular weight is 272 g/mol. The Bertz CT molecular complexity index is 604. The monoisotopic (exact) mass is 272 g/mol. The van der Waals surface area contributed by atoms with Crippen LogP contribution in [0.1, 0.15) is 15.9 Å². The van der Waals surface area contributed by atoms with Crippen LogP contribution in [0.5, 0.6) is 11.5 Å². The third kappa shape index (κ3) is 2.59. The molecule has 0 radical (unpaired) electrons. The maximum atomic E-state index is 11.1. The molecule has 4 heteroatoms. The SMILES string of the molecule is COc1cc(C(=O)O)cc(OC)c1-c1ccc(C)cc1. The Morgan fingerprint density at radius 3 is 1.90 bits per heavy atom. The van der Waals surface area contributed by atoms with E-state index in [0.29, 0.717) is 11.5 Å². The van der Waals surface area contributed by atoms with Crippen LogP contribution in [0.2, 0.25) is 0 Å². The van der Waals surface area contributed by atoms with Crippen LogP contribution in [0.15, 0.2) is 36.4 Å². The van der Waals surface area contributed by atoms with Gasteiger partial charge in [0.05, 0.1) is 25.3 Å². The molecule has 0 amide bonds. The zero-order chi connectivity index (χ0) is 14.7. The number of hydrogen-bond acceptors (Lipinski definition) is 3. The van der Waals surface area contributed by atoms with Crippen molar-refractivity contribution in [2.24, 2.45) is 0 Å². The van der Waals surface area contributed by atoms with E-state index in [1.54, 1.807) is 0 Å². The standard InChI is InChI=1S/C16H16O4/c1-10-4-6-11(7-5-10)15-13(19-2)8-12(16(17)18)9-14(15)20-3/h4-9H,1-3H3,(H,17,18). The van der Waals surface area contributed by atoms with Crippen LogP contribution in [0.3, 0.4) is 0 Å². The number of aryl methyl sites for hydroxylation is 1. The van der Waals surface area contributed by atoms with Crippen LogP contribution in [-0.4, -0.2) is 25.3 Å². The van der Waals surface area contributed by atoms with Gasteiger partial charge in [-0.1, -0.05) is 29.8 Å². The molecule has 0 aromatic heterocycles. The van der Waals surface area contributed by atoms with E-state index in [1.807, 2.05) is 31.2 Å².